The molecule has 1 aliphatic heterocycles. The summed E-state index contributed by atoms with van der Waals surface area (Å²) in [5.41, 5.74) is 0. The van der Waals surface area contributed by atoms with Gasteiger partial charge in [-0.15, -0.1) is 0 Å². The number of aliphatic hydroxyl groups excluding tert-OH is 1. The van der Waals surface area contributed by atoms with E-state index in [1.165, 1.54) is 32.4 Å². The first-order valence-electron chi connectivity index (χ1n) is 6.62. The van der Waals surface area contributed by atoms with Crippen molar-refractivity contribution in [2.24, 2.45) is 5.92 Å². The van der Waals surface area contributed by atoms with Crippen molar-refractivity contribution in [2.45, 2.75) is 53.4 Å². The van der Waals surface area contributed by atoms with Gasteiger partial charge in [0, 0.05) is 6.61 Å². The van der Waals surface area contributed by atoms with E-state index in [0.717, 1.165) is 12.3 Å². The van der Waals surface area contributed by atoms with E-state index < -0.39 is 0 Å². The van der Waals surface area contributed by atoms with Crippen LogP contribution in [0.5, 0.6) is 0 Å². The predicted octanol–water partition coefficient (Wildman–Crippen LogP) is 3.15. The van der Waals surface area contributed by atoms with E-state index in [1.54, 1.807) is 0 Å². The molecule has 0 radical (unpaired) electrons. The third kappa shape index (κ3) is 10.2. The van der Waals surface area contributed by atoms with E-state index in [1.807, 2.05) is 27.7 Å². The second kappa shape index (κ2) is 13.9. The highest BCUT2D eigenvalue weighted by Crippen LogP contribution is 2.20. The van der Waals surface area contributed by atoms with E-state index in [0.29, 0.717) is 6.61 Å². The summed E-state index contributed by atoms with van der Waals surface area (Å²) in [4.78, 5) is 2.38. The van der Waals surface area contributed by atoms with Crippen LogP contribution in [0.25, 0.3) is 0 Å². The second-order valence-corrected chi connectivity index (χ2v) is 3.61. The third-order valence-corrected chi connectivity index (χ3v) is 2.61. The molecule has 2 nitrogen and oxygen atoms in total. The zero-order chi connectivity index (χ0) is 12.1. The first-order chi connectivity index (χ1) is 7.33. The average molecular weight is 217 g/mol. The monoisotopic (exact) mass is 217 g/mol. The fraction of sp³-hybridized carbons (Fsp3) is 1.00. The van der Waals surface area contributed by atoms with Gasteiger partial charge in [0.2, 0.25) is 0 Å². The van der Waals surface area contributed by atoms with Gasteiger partial charge in [-0.05, 0) is 51.7 Å². The van der Waals surface area contributed by atoms with Crippen molar-refractivity contribution in [3.63, 3.8) is 0 Å². The second-order valence-electron chi connectivity index (χ2n) is 3.61. The molecular formula is C13H31NO. The number of likely N-dealkylation sites (tertiary alicyclic amines) is 1. The van der Waals surface area contributed by atoms with Crippen LogP contribution in [0, 0.1) is 5.92 Å². The van der Waals surface area contributed by atoms with Crippen molar-refractivity contribution in [2.75, 3.05) is 26.7 Å². The van der Waals surface area contributed by atoms with Gasteiger partial charge in [0.25, 0.3) is 0 Å². The lowest BCUT2D eigenvalue weighted by Crippen LogP contribution is -2.30. The highest BCUT2D eigenvalue weighted by atomic mass is 16.2. The average Bonchev–Trinajstić information content (AvgIpc) is 2.34. The Hall–Kier alpha value is -0.0800. The van der Waals surface area contributed by atoms with Crippen LogP contribution in [-0.2, 0) is 0 Å². The van der Waals surface area contributed by atoms with Crippen molar-refractivity contribution < 1.29 is 5.11 Å². The van der Waals surface area contributed by atoms with Gasteiger partial charge in [0.15, 0.2) is 0 Å². The lowest BCUT2D eigenvalue weighted by molar-refractivity contribution is 0.197. The number of piperidine rings is 1. The minimum absolute atomic E-state index is 0.367. The molecule has 0 bridgehead atoms. The van der Waals surface area contributed by atoms with E-state index in [-0.39, 0.29) is 0 Å². The molecule has 0 aliphatic carbocycles. The first-order valence-corrected chi connectivity index (χ1v) is 6.62. The molecule has 1 heterocycles. The van der Waals surface area contributed by atoms with Gasteiger partial charge >= 0.3 is 0 Å². The molecule has 0 saturated carbocycles. The topological polar surface area (TPSA) is 23.5 Å². The van der Waals surface area contributed by atoms with Crippen molar-refractivity contribution in [1.82, 2.24) is 4.90 Å². The number of rotatable bonds is 3. The fourth-order valence-electron chi connectivity index (χ4n) is 1.73. The van der Waals surface area contributed by atoms with Gasteiger partial charge in [0.1, 0.15) is 0 Å². The van der Waals surface area contributed by atoms with Crippen LogP contribution in [0.4, 0.5) is 0 Å². The van der Waals surface area contributed by atoms with Crippen LogP contribution >= 0.6 is 0 Å². The highest BCUT2D eigenvalue weighted by Gasteiger charge is 2.15. The van der Waals surface area contributed by atoms with E-state index in [9.17, 15) is 0 Å². The molecule has 0 aromatic rings. The van der Waals surface area contributed by atoms with E-state index in [2.05, 4.69) is 11.9 Å². The Balaban J connectivity index is 0. The molecule has 0 amide bonds. The maximum atomic E-state index is 8.64. The molecular weight excluding hydrogens is 186 g/mol. The zero-order valence-corrected chi connectivity index (χ0v) is 11.4. The molecule has 2 heteroatoms. The molecule has 0 atom stereocenters. The zero-order valence-electron chi connectivity index (χ0n) is 11.4. The number of aliphatic hydroxyl groups is 1. The predicted molar refractivity (Wildman–Crippen MR) is 69.2 cm³/mol. The van der Waals surface area contributed by atoms with Crippen molar-refractivity contribution in [1.29, 1.82) is 0 Å². The van der Waals surface area contributed by atoms with E-state index in [4.69, 9.17) is 5.11 Å². The molecule has 0 aromatic carbocycles. The summed E-state index contributed by atoms with van der Waals surface area (Å²) in [6, 6.07) is 0. The molecule has 0 unspecified atom stereocenters. The van der Waals surface area contributed by atoms with Crippen LogP contribution < -0.4 is 0 Å². The maximum absolute atomic E-state index is 8.64. The molecule has 1 saturated heterocycles. The van der Waals surface area contributed by atoms with Crippen LogP contribution in [0.3, 0.4) is 0 Å². The molecule has 1 fully saturated rings. The highest BCUT2D eigenvalue weighted by molar-refractivity contribution is 4.69. The molecule has 1 aliphatic rings. The summed E-state index contributed by atoms with van der Waals surface area (Å²) in [7, 11) is 2.18. The number of hydrogen-bond donors (Lipinski definition) is 1. The summed E-state index contributed by atoms with van der Waals surface area (Å²) in [6.07, 6.45) is 4.88. The molecule has 1 rings (SSSR count). The van der Waals surface area contributed by atoms with Crippen LogP contribution in [0.1, 0.15) is 53.4 Å². The maximum Gasteiger partial charge on any atom is 0.0431 e. The SMILES string of the molecule is CC.CC.CN1CCC(CCCO)CC1. The van der Waals surface area contributed by atoms with Gasteiger partial charge < -0.3 is 10.0 Å². The Kier molecular flexibility index (Phi) is 16.1. The van der Waals surface area contributed by atoms with Gasteiger partial charge in [-0.25, -0.2) is 0 Å². The van der Waals surface area contributed by atoms with Crippen molar-refractivity contribution in [3.05, 3.63) is 0 Å². The van der Waals surface area contributed by atoms with Crippen LogP contribution in [-0.4, -0.2) is 36.8 Å². The lowest BCUT2D eigenvalue weighted by atomic mass is 9.93. The Morgan fingerprint density at radius 2 is 1.53 bits per heavy atom. The van der Waals surface area contributed by atoms with Gasteiger partial charge in [-0.2, -0.15) is 0 Å². The summed E-state index contributed by atoms with van der Waals surface area (Å²) in [5, 5.41) is 8.64. The Labute approximate surface area is 96.7 Å². The van der Waals surface area contributed by atoms with Crippen molar-refractivity contribution in [3.8, 4) is 0 Å². The van der Waals surface area contributed by atoms with Gasteiger partial charge in [-0.1, -0.05) is 27.7 Å². The van der Waals surface area contributed by atoms with Crippen molar-refractivity contribution >= 4 is 0 Å². The number of nitrogens with zero attached hydrogens (tertiary/aromatic N) is 1. The molecule has 94 valence electrons. The number of hydrogen-bond acceptors (Lipinski definition) is 2. The molecule has 0 spiro atoms. The Morgan fingerprint density at radius 1 is 1.07 bits per heavy atom. The third-order valence-electron chi connectivity index (χ3n) is 2.61. The largest absolute Gasteiger partial charge is 0.396 e. The van der Waals surface area contributed by atoms with Crippen LogP contribution in [0.2, 0.25) is 0 Å². The summed E-state index contributed by atoms with van der Waals surface area (Å²) >= 11 is 0. The van der Waals surface area contributed by atoms with Gasteiger partial charge in [0.05, 0.1) is 0 Å². The molecule has 1 N–H and O–H groups in total. The quantitative estimate of drug-likeness (QED) is 0.785. The fourth-order valence-corrected chi connectivity index (χ4v) is 1.73. The molecule has 15 heavy (non-hydrogen) atoms. The normalized spacial score (nSPS) is 17.2. The standard InChI is InChI=1S/C9H19NO.2C2H6/c1-10-6-4-9(5-7-10)3-2-8-11;2*1-2/h9,11H,2-8H2,1H3;2*1-2H3. The summed E-state index contributed by atoms with van der Waals surface area (Å²) in [6.45, 7) is 10.9. The Bertz CT molecular complexity index is 96.0. The van der Waals surface area contributed by atoms with Gasteiger partial charge in [-0.3, -0.25) is 0 Å². The first kappa shape index (κ1) is 17.3. The lowest BCUT2D eigenvalue weighted by Gasteiger charge is -2.28. The molecule has 0 aromatic heterocycles. The smallest absolute Gasteiger partial charge is 0.0431 e. The summed E-state index contributed by atoms with van der Waals surface area (Å²) < 4.78 is 0. The Morgan fingerprint density at radius 3 is 1.93 bits per heavy atom. The minimum Gasteiger partial charge on any atom is -0.396 e. The van der Waals surface area contributed by atoms with Crippen LogP contribution in [0.15, 0.2) is 0 Å². The summed E-state index contributed by atoms with van der Waals surface area (Å²) in [5.74, 6) is 0.887. The minimum atomic E-state index is 0.367. The van der Waals surface area contributed by atoms with E-state index >= 15 is 0 Å².